The normalized spacial score (nSPS) is 16.5. The lowest BCUT2D eigenvalue weighted by molar-refractivity contribution is 0.262. The maximum Gasteiger partial charge on any atom is 0.325 e. The molecule has 0 spiro atoms. The lowest BCUT2D eigenvalue weighted by Crippen LogP contribution is -2.24. The van der Waals surface area contributed by atoms with E-state index in [1.54, 1.807) is 0 Å². The quantitative estimate of drug-likeness (QED) is 0.649. The van der Waals surface area contributed by atoms with Crippen LogP contribution in [0.15, 0.2) is 29.6 Å². The molecule has 1 aromatic carbocycles. The number of thiazole rings is 1. The van der Waals surface area contributed by atoms with Crippen LogP contribution in [-0.2, 0) is 0 Å². The summed E-state index contributed by atoms with van der Waals surface area (Å²) in [6, 6.07) is 7.58. The molecule has 1 aromatic heterocycles. The minimum Gasteiger partial charge on any atom is -0.322 e. The molecule has 6 heteroatoms. The number of carbonyl (C=O) groups excluding carboxylic acids is 1. The molecule has 1 saturated carbocycles. The van der Waals surface area contributed by atoms with Gasteiger partial charge in [-0.3, -0.25) is 5.32 Å². The Kier molecular flexibility index (Phi) is 6.27. The Hall–Kier alpha value is -1.92. The standard InChI is InChI=1S/C20H28N4OS/c1-13(2)14-8-10-16(11-9-14)22-19(25)24-20-23-17(12-26-20)18(21)15-6-4-3-5-7-15/h8-13,15,18H,3-7,21H2,1-2H3,(H2,22,23,24,25). The van der Waals surface area contributed by atoms with Crippen LogP contribution in [-0.4, -0.2) is 11.0 Å². The Labute approximate surface area is 159 Å². The van der Waals surface area contributed by atoms with Gasteiger partial charge >= 0.3 is 6.03 Å². The number of nitrogens with one attached hydrogen (secondary N) is 2. The molecule has 4 N–H and O–H groups in total. The topological polar surface area (TPSA) is 80.0 Å². The predicted molar refractivity (Wildman–Crippen MR) is 109 cm³/mol. The number of nitrogens with two attached hydrogens (primary N) is 1. The van der Waals surface area contributed by atoms with E-state index in [4.69, 9.17) is 5.73 Å². The van der Waals surface area contributed by atoms with Crippen LogP contribution < -0.4 is 16.4 Å². The molecule has 0 aliphatic heterocycles. The fraction of sp³-hybridized carbons (Fsp3) is 0.500. The molecule has 0 bridgehead atoms. The molecule has 1 fully saturated rings. The third-order valence-electron chi connectivity index (χ3n) is 5.08. The van der Waals surface area contributed by atoms with Crippen molar-refractivity contribution in [1.82, 2.24) is 4.98 Å². The molecule has 1 heterocycles. The van der Waals surface area contributed by atoms with Gasteiger partial charge in [0.1, 0.15) is 0 Å². The number of rotatable bonds is 5. The van der Waals surface area contributed by atoms with Crippen LogP contribution in [0.4, 0.5) is 15.6 Å². The second-order valence-corrected chi connectivity index (χ2v) is 8.22. The van der Waals surface area contributed by atoms with Gasteiger partial charge in [0.2, 0.25) is 0 Å². The molecule has 1 aliphatic carbocycles. The number of hydrogen-bond donors (Lipinski definition) is 3. The Balaban J connectivity index is 1.55. The number of benzene rings is 1. The first-order chi connectivity index (χ1) is 12.5. The lowest BCUT2D eigenvalue weighted by atomic mass is 9.83. The average Bonchev–Trinajstić information content (AvgIpc) is 3.10. The maximum absolute atomic E-state index is 12.2. The molecule has 1 unspecified atom stereocenters. The Morgan fingerprint density at radius 3 is 2.50 bits per heavy atom. The summed E-state index contributed by atoms with van der Waals surface area (Å²) >= 11 is 1.42. The third-order valence-corrected chi connectivity index (χ3v) is 5.85. The van der Waals surface area contributed by atoms with Gasteiger partial charge in [-0.2, -0.15) is 0 Å². The van der Waals surface area contributed by atoms with E-state index < -0.39 is 0 Å². The molecular formula is C20H28N4OS. The van der Waals surface area contributed by atoms with Crippen molar-refractivity contribution >= 4 is 28.2 Å². The van der Waals surface area contributed by atoms with Crippen molar-refractivity contribution in [3.8, 4) is 0 Å². The van der Waals surface area contributed by atoms with Gasteiger partial charge in [-0.25, -0.2) is 9.78 Å². The highest BCUT2D eigenvalue weighted by Gasteiger charge is 2.24. The molecule has 1 atom stereocenters. The van der Waals surface area contributed by atoms with Crippen LogP contribution in [0.2, 0.25) is 0 Å². The van der Waals surface area contributed by atoms with Crippen LogP contribution in [0.25, 0.3) is 0 Å². The van der Waals surface area contributed by atoms with E-state index in [0.717, 1.165) is 11.4 Å². The minimum atomic E-state index is -0.283. The minimum absolute atomic E-state index is 0.0336. The summed E-state index contributed by atoms with van der Waals surface area (Å²) < 4.78 is 0. The number of amides is 2. The van der Waals surface area contributed by atoms with Crippen molar-refractivity contribution in [2.45, 2.75) is 57.9 Å². The monoisotopic (exact) mass is 372 g/mol. The number of anilines is 2. The summed E-state index contributed by atoms with van der Waals surface area (Å²) in [6.07, 6.45) is 6.17. The van der Waals surface area contributed by atoms with Gasteiger partial charge < -0.3 is 11.1 Å². The summed E-state index contributed by atoms with van der Waals surface area (Å²) in [7, 11) is 0. The van der Waals surface area contributed by atoms with Crippen LogP contribution in [0.5, 0.6) is 0 Å². The highest BCUT2D eigenvalue weighted by atomic mass is 32.1. The van der Waals surface area contributed by atoms with Crippen molar-refractivity contribution in [2.24, 2.45) is 11.7 Å². The fourth-order valence-electron chi connectivity index (χ4n) is 3.44. The molecule has 2 amide bonds. The molecule has 3 rings (SSSR count). The zero-order valence-electron chi connectivity index (χ0n) is 15.5. The van der Waals surface area contributed by atoms with Gasteiger partial charge in [0, 0.05) is 11.1 Å². The molecule has 0 saturated heterocycles. The molecule has 1 aliphatic rings. The van der Waals surface area contributed by atoms with Crippen LogP contribution in [0.3, 0.4) is 0 Å². The number of urea groups is 1. The Morgan fingerprint density at radius 1 is 1.15 bits per heavy atom. The molecule has 26 heavy (non-hydrogen) atoms. The van der Waals surface area contributed by atoms with Crippen molar-refractivity contribution in [3.63, 3.8) is 0 Å². The summed E-state index contributed by atoms with van der Waals surface area (Å²) in [4.78, 5) is 16.7. The molecule has 5 nitrogen and oxygen atoms in total. The van der Waals surface area contributed by atoms with E-state index >= 15 is 0 Å². The number of carbonyl (C=O) groups is 1. The van der Waals surface area contributed by atoms with E-state index in [-0.39, 0.29) is 12.1 Å². The SMILES string of the molecule is CC(C)c1ccc(NC(=O)Nc2nc(C(N)C3CCCCC3)cs2)cc1. The van der Waals surface area contributed by atoms with Crippen LogP contribution in [0, 0.1) is 5.92 Å². The first kappa shape index (κ1) is 18.9. The van der Waals surface area contributed by atoms with Crippen molar-refractivity contribution in [3.05, 3.63) is 40.9 Å². The Bertz CT molecular complexity index is 720. The lowest BCUT2D eigenvalue weighted by Gasteiger charge is -2.26. The van der Waals surface area contributed by atoms with Gasteiger partial charge in [0.15, 0.2) is 5.13 Å². The predicted octanol–water partition coefficient (Wildman–Crippen LogP) is 5.49. The summed E-state index contributed by atoms with van der Waals surface area (Å²) in [5, 5.41) is 8.20. The van der Waals surface area contributed by atoms with Gasteiger partial charge in [-0.05, 0) is 42.4 Å². The van der Waals surface area contributed by atoms with Crippen molar-refractivity contribution < 1.29 is 4.79 Å². The summed E-state index contributed by atoms with van der Waals surface area (Å²) in [5.74, 6) is 0.979. The first-order valence-corrected chi connectivity index (χ1v) is 10.3. The summed E-state index contributed by atoms with van der Waals surface area (Å²) in [6.45, 7) is 4.29. The van der Waals surface area contributed by atoms with Crippen molar-refractivity contribution in [1.29, 1.82) is 0 Å². The largest absolute Gasteiger partial charge is 0.325 e. The maximum atomic E-state index is 12.2. The zero-order valence-corrected chi connectivity index (χ0v) is 16.3. The van der Waals surface area contributed by atoms with Gasteiger partial charge in [0.25, 0.3) is 0 Å². The highest BCUT2D eigenvalue weighted by Crippen LogP contribution is 2.33. The van der Waals surface area contributed by atoms with E-state index in [1.807, 2.05) is 29.6 Å². The summed E-state index contributed by atoms with van der Waals surface area (Å²) in [5.41, 5.74) is 9.29. The van der Waals surface area contributed by atoms with E-state index in [2.05, 4.69) is 29.5 Å². The molecular weight excluding hydrogens is 344 g/mol. The number of hydrogen-bond acceptors (Lipinski definition) is 4. The first-order valence-electron chi connectivity index (χ1n) is 9.42. The van der Waals surface area contributed by atoms with Crippen molar-refractivity contribution in [2.75, 3.05) is 10.6 Å². The molecule has 2 aromatic rings. The molecule has 0 radical (unpaired) electrons. The second-order valence-electron chi connectivity index (χ2n) is 7.36. The zero-order chi connectivity index (χ0) is 18.5. The third kappa shape index (κ3) is 4.83. The number of aromatic nitrogens is 1. The van der Waals surface area contributed by atoms with Gasteiger partial charge in [-0.15, -0.1) is 11.3 Å². The Morgan fingerprint density at radius 2 is 1.85 bits per heavy atom. The second kappa shape index (κ2) is 8.64. The smallest absolute Gasteiger partial charge is 0.322 e. The number of nitrogens with zero attached hydrogens (tertiary/aromatic N) is 1. The van der Waals surface area contributed by atoms with E-state index in [0.29, 0.717) is 17.0 Å². The van der Waals surface area contributed by atoms with E-state index in [1.165, 1.54) is 49.0 Å². The van der Waals surface area contributed by atoms with E-state index in [9.17, 15) is 4.79 Å². The highest BCUT2D eigenvalue weighted by molar-refractivity contribution is 7.13. The average molecular weight is 373 g/mol. The van der Waals surface area contributed by atoms with Crippen LogP contribution >= 0.6 is 11.3 Å². The fourth-order valence-corrected chi connectivity index (χ4v) is 4.19. The van der Waals surface area contributed by atoms with Gasteiger partial charge in [-0.1, -0.05) is 45.2 Å². The van der Waals surface area contributed by atoms with Gasteiger partial charge in [0.05, 0.1) is 11.7 Å². The molecule has 140 valence electrons. The van der Waals surface area contributed by atoms with Crippen LogP contribution in [0.1, 0.15) is 69.2 Å².